The van der Waals surface area contributed by atoms with Gasteiger partial charge in [-0.15, -0.1) is 0 Å². The van der Waals surface area contributed by atoms with E-state index < -0.39 is 6.10 Å². The van der Waals surface area contributed by atoms with Crippen LogP contribution >= 0.6 is 15.9 Å². The molecule has 1 aliphatic heterocycles. The molecule has 110 valence electrons. The largest absolute Gasteiger partial charge is 0.497 e. The van der Waals surface area contributed by atoms with Crippen LogP contribution in [0.5, 0.6) is 5.75 Å². The summed E-state index contributed by atoms with van der Waals surface area (Å²) in [5.74, 6) is 0.470. The van der Waals surface area contributed by atoms with Gasteiger partial charge in [0.2, 0.25) is 0 Å². The first-order valence-electron chi connectivity index (χ1n) is 6.37. The number of aliphatic hydroxyl groups excluding tert-OH is 1. The van der Waals surface area contributed by atoms with Crippen LogP contribution in [0.3, 0.4) is 0 Å². The number of halogens is 1. The zero-order valence-electron chi connectivity index (χ0n) is 11.5. The van der Waals surface area contributed by atoms with Gasteiger partial charge in [0.05, 0.1) is 20.3 Å². The molecule has 0 aromatic heterocycles. The average molecular weight is 344 g/mol. The molecule has 0 unspecified atom stereocenters. The number of β-amino-alcohol motifs (C(OH)–C–C–N with tert-alkyl or cyclic N) is 1. The summed E-state index contributed by atoms with van der Waals surface area (Å²) >= 11 is 3.50. The van der Waals surface area contributed by atoms with Crippen LogP contribution in [0.4, 0.5) is 0 Å². The van der Waals surface area contributed by atoms with Gasteiger partial charge in [0.1, 0.15) is 11.8 Å². The van der Waals surface area contributed by atoms with E-state index in [4.69, 9.17) is 9.47 Å². The Kier molecular flexibility index (Phi) is 5.01. The number of aliphatic hydroxyl groups is 1. The van der Waals surface area contributed by atoms with Gasteiger partial charge in [-0.2, -0.15) is 0 Å². The minimum atomic E-state index is -0.490. The molecule has 5 nitrogen and oxygen atoms in total. The van der Waals surface area contributed by atoms with Gasteiger partial charge in [-0.05, 0) is 17.7 Å². The van der Waals surface area contributed by atoms with Crippen molar-refractivity contribution in [1.82, 2.24) is 4.90 Å². The second-order valence-corrected chi connectivity index (χ2v) is 5.67. The van der Waals surface area contributed by atoms with Crippen LogP contribution in [0, 0.1) is 0 Å². The Hall–Kier alpha value is -1.11. The minimum Gasteiger partial charge on any atom is -0.497 e. The molecule has 0 spiro atoms. The summed E-state index contributed by atoms with van der Waals surface area (Å²) in [5.41, 5.74) is 1.04. The maximum atomic E-state index is 11.7. The first-order valence-corrected chi connectivity index (χ1v) is 7.16. The summed E-state index contributed by atoms with van der Waals surface area (Å²) in [5, 5.41) is 9.76. The summed E-state index contributed by atoms with van der Waals surface area (Å²) in [4.78, 5) is 13.7. The van der Waals surface area contributed by atoms with Crippen LogP contribution in [0.2, 0.25) is 0 Å². The quantitative estimate of drug-likeness (QED) is 0.841. The van der Waals surface area contributed by atoms with Crippen molar-refractivity contribution < 1.29 is 19.4 Å². The summed E-state index contributed by atoms with van der Waals surface area (Å²) in [7, 11) is 2.99. The first-order chi connectivity index (χ1) is 9.55. The van der Waals surface area contributed by atoms with Crippen molar-refractivity contribution in [3.8, 4) is 5.75 Å². The van der Waals surface area contributed by atoms with Gasteiger partial charge < -0.3 is 14.6 Å². The Morgan fingerprint density at radius 3 is 2.85 bits per heavy atom. The van der Waals surface area contributed by atoms with Crippen LogP contribution in [0.1, 0.15) is 12.0 Å². The standard InChI is InChI=1S/C14H18BrNO4/c1-19-11-4-3-9(12(15)6-11)7-16-8-10(17)5-13(16)14(18)20-2/h3-4,6,10,13,17H,5,7-8H2,1-2H3/t10-,13+/m1/s1. The lowest BCUT2D eigenvalue weighted by molar-refractivity contribution is -0.146. The molecule has 0 bridgehead atoms. The molecule has 0 aliphatic carbocycles. The SMILES string of the molecule is COC(=O)[C@@H]1C[C@@H](O)CN1Cc1ccc(OC)cc1Br. The van der Waals surface area contributed by atoms with Gasteiger partial charge in [0.15, 0.2) is 0 Å². The molecule has 0 amide bonds. The molecular formula is C14H18BrNO4. The molecule has 1 aromatic rings. The Bertz CT molecular complexity index is 494. The number of rotatable bonds is 4. The maximum Gasteiger partial charge on any atom is 0.323 e. The fourth-order valence-corrected chi connectivity index (χ4v) is 2.92. The van der Waals surface area contributed by atoms with Crippen molar-refractivity contribution >= 4 is 21.9 Å². The molecule has 1 N–H and O–H groups in total. The molecule has 0 radical (unpaired) electrons. The highest BCUT2D eigenvalue weighted by Gasteiger charge is 2.36. The summed E-state index contributed by atoms with van der Waals surface area (Å²) < 4.78 is 10.9. The number of ether oxygens (including phenoxy) is 2. The zero-order chi connectivity index (χ0) is 14.7. The second-order valence-electron chi connectivity index (χ2n) is 4.82. The van der Waals surface area contributed by atoms with E-state index in [-0.39, 0.29) is 12.0 Å². The average Bonchev–Trinajstić information content (AvgIpc) is 2.81. The normalized spacial score (nSPS) is 22.8. The number of methoxy groups -OCH3 is 2. The van der Waals surface area contributed by atoms with Crippen molar-refractivity contribution in [2.45, 2.75) is 25.1 Å². The van der Waals surface area contributed by atoms with E-state index >= 15 is 0 Å². The third kappa shape index (κ3) is 3.31. The Labute approximate surface area is 126 Å². The van der Waals surface area contributed by atoms with E-state index in [1.165, 1.54) is 7.11 Å². The van der Waals surface area contributed by atoms with E-state index in [1.54, 1.807) is 7.11 Å². The van der Waals surface area contributed by atoms with E-state index in [2.05, 4.69) is 15.9 Å². The Morgan fingerprint density at radius 2 is 2.25 bits per heavy atom. The minimum absolute atomic E-state index is 0.300. The van der Waals surface area contributed by atoms with E-state index in [9.17, 15) is 9.90 Å². The van der Waals surface area contributed by atoms with Crippen molar-refractivity contribution in [3.63, 3.8) is 0 Å². The van der Waals surface area contributed by atoms with Crippen molar-refractivity contribution in [3.05, 3.63) is 28.2 Å². The number of carbonyl (C=O) groups excluding carboxylic acids is 1. The predicted octanol–water partition coefficient (Wildman–Crippen LogP) is 1.57. The summed E-state index contributed by atoms with van der Waals surface area (Å²) in [6, 6.07) is 5.32. The number of esters is 1. The molecule has 2 rings (SSSR count). The van der Waals surface area contributed by atoms with Gasteiger partial charge in [-0.25, -0.2) is 0 Å². The third-order valence-electron chi connectivity index (χ3n) is 3.49. The van der Waals surface area contributed by atoms with Gasteiger partial charge in [-0.1, -0.05) is 22.0 Å². The number of benzene rings is 1. The summed E-state index contributed by atoms with van der Waals surface area (Å²) in [6.45, 7) is 1.04. The molecule has 6 heteroatoms. The fourth-order valence-electron chi connectivity index (χ4n) is 2.44. The molecule has 1 heterocycles. The smallest absolute Gasteiger partial charge is 0.323 e. The number of hydrogen-bond acceptors (Lipinski definition) is 5. The van der Waals surface area contributed by atoms with E-state index in [1.807, 2.05) is 23.1 Å². The lowest BCUT2D eigenvalue weighted by Crippen LogP contribution is -2.36. The summed E-state index contributed by atoms with van der Waals surface area (Å²) in [6.07, 6.45) is -0.0726. The molecule has 20 heavy (non-hydrogen) atoms. The topological polar surface area (TPSA) is 59.0 Å². The molecule has 0 saturated carbocycles. The van der Waals surface area contributed by atoms with Crippen LogP contribution in [-0.4, -0.2) is 48.9 Å². The highest BCUT2D eigenvalue weighted by atomic mass is 79.9. The van der Waals surface area contributed by atoms with Crippen LogP contribution < -0.4 is 4.74 Å². The van der Waals surface area contributed by atoms with Crippen molar-refractivity contribution in [1.29, 1.82) is 0 Å². The zero-order valence-corrected chi connectivity index (χ0v) is 13.1. The fraction of sp³-hybridized carbons (Fsp3) is 0.500. The number of likely N-dealkylation sites (tertiary alicyclic amines) is 1. The maximum absolute atomic E-state index is 11.7. The molecular weight excluding hydrogens is 326 g/mol. The van der Waals surface area contributed by atoms with Crippen molar-refractivity contribution in [2.24, 2.45) is 0 Å². The number of carbonyl (C=O) groups is 1. The molecule has 1 aliphatic rings. The Morgan fingerprint density at radius 1 is 1.50 bits per heavy atom. The van der Waals surface area contributed by atoms with Gasteiger partial charge in [-0.3, -0.25) is 9.69 Å². The monoisotopic (exact) mass is 343 g/mol. The third-order valence-corrected chi connectivity index (χ3v) is 4.23. The first kappa shape index (κ1) is 15.3. The van der Waals surface area contributed by atoms with Gasteiger partial charge in [0.25, 0.3) is 0 Å². The number of nitrogens with zero attached hydrogens (tertiary/aromatic N) is 1. The molecule has 1 saturated heterocycles. The lowest BCUT2D eigenvalue weighted by Gasteiger charge is -2.22. The van der Waals surface area contributed by atoms with Crippen LogP contribution in [-0.2, 0) is 16.1 Å². The van der Waals surface area contributed by atoms with Crippen molar-refractivity contribution in [2.75, 3.05) is 20.8 Å². The highest BCUT2D eigenvalue weighted by molar-refractivity contribution is 9.10. The molecule has 1 aromatic carbocycles. The van der Waals surface area contributed by atoms with Gasteiger partial charge in [0, 0.05) is 24.0 Å². The van der Waals surface area contributed by atoms with Crippen LogP contribution in [0.25, 0.3) is 0 Å². The van der Waals surface area contributed by atoms with E-state index in [0.717, 1.165) is 15.8 Å². The predicted molar refractivity (Wildman–Crippen MR) is 77.5 cm³/mol. The van der Waals surface area contributed by atoms with Crippen LogP contribution in [0.15, 0.2) is 22.7 Å². The number of hydrogen-bond donors (Lipinski definition) is 1. The molecule has 1 fully saturated rings. The lowest BCUT2D eigenvalue weighted by atomic mass is 10.1. The highest BCUT2D eigenvalue weighted by Crippen LogP contribution is 2.27. The Balaban J connectivity index is 2.13. The van der Waals surface area contributed by atoms with Gasteiger partial charge >= 0.3 is 5.97 Å². The van der Waals surface area contributed by atoms with E-state index in [0.29, 0.717) is 19.5 Å². The molecule has 2 atom stereocenters. The second kappa shape index (κ2) is 6.56.